The van der Waals surface area contributed by atoms with Crippen LogP contribution in [-0.4, -0.2) is 36.7 Å². The van der Waals surface area contributed by atoms with Gasteiger partial charge in [0.05, 0.1) is 17.7 Å². The first-order valence-corrected chi connectivity index (χ1v) is 12.1. The molecule has 0 N–H and O–H groups in total. The minimum atomic E-state index is -0.336. The molecule has 0 spiro atoms. The van der Waals surface area contributed by atoms with Crippen LogP contribution in [0.15, 0.2) is 39.1 Å². The predicted octanol–water partition coefficient (Wildman–Crippen LogP) is 5.68. The van der Waals surface area contributed by atoms with Crippen LogP contribution in [0, 0.1) is 0 Å². The minimum Gasteiger partial charge on any atom is -0.490 e. The molecule has 5 nitrogen and oxygen atoms in total. The first-order valence-electron chi connectivity index (χ1n) is 11.3. The van der Waals surface area contributed by atoms with Gasteiger partial charge >= 0.3 is 0 Å². The number of nitrogens with zero attached hydrogens (tertiary/aromatic N) is 1. The summed E-state index contributed by atoms with van der Waals surface area (Å²) >= 11 is 3.67. The van der Waals surface area contributed by atoms with E-state index in [1.807, 2.05) is 26.1 Å². The van der Waals surface area contributed by atoms with Crippen molar-refractivity contribution in [3.63, 3.8) is 0 Å². The number of carbonyl (C=O) groups is 2. The van der Waals surface area contributed by atoms with E-state index in [1.54, 1.807) is 0 Å². The van der Waals surface area contributed by atoms with E-state index >= 15 is 0 Å². The molecule has 0 saturated heterocycles. The first kappa shape index (κ1) is 22.1. The number of halogens is 1. The van der Waals surface area contributed by atoms with Crippen molar-refractivity contribution in [2.45, 2.75) is 64.7 Å². The Bertz CT molecular complexity index is 934. The van der Waals surface area contributed by atoms with Crippen molar-refractivity contribution in [2.24, 2.45) is 0 Å². The zero-order valence-corrected chi connectivity index (χ0v) is 20.1. The molecule has 166 valence electrons. The number of ketones is 2. The van der Waals surface area contributed by atoms with Crippen LogP contribution in [0.3, 0.4) is 0 Å². The van der Waals surface area contributed by atoms with Gasteiger partial charge in [-0.1, -0.05) is 6.92 Å². The molecule has 0 saturated carbocycles. The van der Waals surface area contributed by atoms with Crippen molar-refractivity contribution >= 4 is 27.5 Å². The third kappa shape index (κ3) is 3.95. The molecular formula is C25H30BrNO4. The number of Topliss-reactive ketones (excluding diaryl/α,β-unsaturated/α-hetero) is 2. The third-order valence-electron chi connectivity index (χ3n) is 6.36. The third-order valence-corrected chi connectivity index (χ3v) is 6.95. The van der Waals surface area contributed by atoms with E-state index in [9.17, 15) is 9.59 Å². The fourth-order valence-corrected chi connectivity index (χ4v) is 5.62. The number of hydrogen-bond acceptors (Lipinski definition) is 5. The van der Waals surface area contributed by atoms with Gasteiger partial charge in [0.25, 0.3) is 0 Å². The Balaban J connectivity index is 1.91. The van der Waals surface area contributed by atoms with Crippen molar-refractivity contribution in [1.29, 1.82) is 0 Å². The molecule has 31 heavy (non-hydrogen) atoms. The van der Waals surface area contributed by atoms with Gasteiger partial charge in [0.2, 0.25) is 0 Å². The highest BCUT2D eigenvalue weighted by Gasteiger charge is 2.42. The summed E-state index contributed by atoms with van der Waals surface area (Å²) in [6, 6.07) is 3.97. The van der Waals surface area contributed by atoms with Gasteiger partial charge in [-0.15, -0.1) is 0 Å². The van der Waals surface area contributed by atoms with Gasteiger partial charge in [-0.2, -0.15) is 0 Å². The number of rotatable bonds is 6. The molecule has 0 aromatic heterocycles. The molecule has 2 aliphatic carbocycles. The van der Waals surface area contributed by atoms with Crippen molar-refractivity contribution in [2.75, 3.05) is 20.3 Å². The topological polar surface area (TPSA) is 55.8 Å². The van der Waals surface area contributed by atoms with Crippen LogP contribution in [0.4, 0.5) is 0 Å². The summed E-state index contributed by atoms with van der Waals surface area (Å²) in [7, 11) is 2.02. The summed E-state index contributed by atoms with van der Waals surface area (Å²) in [6.45, 7) is 5.10. The summed E-state index contributed by atoms with van der Waals surface area (Å²) < 4.78 is 12.7. The molecule has 1 aromatic carbocycles. The Morgan fingerprint density at radius 2 is 1.58 bits per heavy atom. The molecule has 1 aromatic rings. The van der Waals surface area contributed by atoms with Gasteiger partial charge in [0.1, 0.15) is 0 Å². The lowest BCUT2D eigenvalue weighted by Crippen LogP contribution is -2.37. The van der Waals surface area contributed by atoms with Crippen molar-refractivity contribution in [3.8, 4) is 11.5 Å². The summed E-state index contributed by atoms with van der Waals surface area (Å²) in [4.78, 5) is 28.4. The van der Waals surface area contributed by atoms with Crippen molar-refractivity contribution in [3.05, 3.63) is 44.7 Å². The van der Waals surface area contributed by atoms with Crippen LogP contribution in [0.2, 0.25) is 0 Å². The van der Waals surface area contributed by atoms with Gasteiger partial charge in [-0.3, -0.25) is 9.59 Å². The van der Waals surface area contributed by atoms with Gasteiger partial charge in [-0.25, -0.2) is 0 Å². The average Bonchev–Trinajstić information content (AvgIpc) is 2.75. The predicted molar refractivity (Wildman–Crippen MR) is 123 cm³/mol. The first-order chi connectivity index (χ1) is 15.0. The fourth-order valence-electron chi connectivity index (χ4n) is 5.05. The summed E-state index contributed by atoms with van der Waals surface area (Å²) in [5.74, 6) is 1.30. The molecule has 0 atom stereocenters. The highest BCUT2D eigenvalue weighted by atomic mass is 79.9. The Morgan fingerprint density at radius 3 is 2.13 bits per heavy atom. The quantitative estimate of drug-likeness (QED) is 0.516. The molecule has 0 amide bonds. The van der Waals surface area contributed by atoms with E-state index in [2.05, 4.69) is 27.8 Å². The van der Waals surface area contributed by atoms with E-state index in [0.29, 0.717) is 37.6 Å². The lowest BCUT2D eigenvalue weighted by molar-refractivity contribution is -0.117. The summed E-state index contributed by atoms with van der Waals surface area (Å²) in [5.41, 5.74) is 4.65. The second-order valence-corrected chi connectivity index (χ2v) is 9.23. The van der Waals surface area contributed by atoms with E-state index in [1.165, 1.54) is 0 Å². The molecule has 4 rings (SSSR count). The minimum absolute atomic E-state index is 0.156. The molecule has 0 unspecified atom stereocenters. The summed E-state index contributed by atoms with van der Waals surface area (Å²) in [5, 5.41) is 0. The number of hydrogen-bond donors (Lipinski definition) is 0. The maximum absolute atomic E-state index is 13.2. The molecule has 1 aliphatic heterocycles. The van der Waals surface area contributed by atoms with Crippen LogP contribution in [-0.2, 0) is 9.59 Å². The van der Waals surface area contributed by atoms with E-state index in [-0.39, 0.29) is 17.5 Å². The molecule has 1 heterocycles. The number of ether oxygens (including phenoxy) is 2. The lowest BCUT2D eigenvalue weighted by Gasteiger charge is -2.42. The lowest BCUT2D eigenvalue weighted by atomic mass is 9.71. The SMILES string of the molecule is CCCOc1c(Br)cc(C2C3=C(CCCC3=O)N(C)C3=C2C(=O)CCC3)cc1OCC. The molecular weight excluding hydrogens is 458 g/mol. The Morgan fingerprint density at radius 1 is 0.968 bits per heavy atom. The van der Waals surface area contributed by atoms with Crippen LogP contribution in [0.1, 0.15) is 70.3 Å². The molecule has 3 aliphatic rings. The second kappa shape index (κ2) is 9.19. The highest BCUT2D eigenvalue weighted by molar-refractivity contribution is 9.10. The van der Waals surface area contributed by atoms with E-state index in [4.69, 9.17) is 9.47 Å². The highest BCUT2D eigenvalue weighted by Crippen LogP contribution is 2.50. The zero-order chi connectivity index (χ0) is 22.1. The Hall–Kier alpha value is -2.08. The zero-order valence-electron chi connectivity index (χ0n) is 18.6. The average molecular weight is 488 g/mol. The maximum Gasteiger partial charge on any atom is 0.175 e. The Kier molecular flexibility index (Phi) is 6.56. The van der Waals surface area contributed by atoms with E-state index < -0.39 is 0 Å². The molecule has 6 heteroatoms. The maximum atomic E-state index is 13.2. The number of benzene rings is 1. The van der Waals surface area contributed by atoms with Crippen molar-refractivity contribution < 1.29 is 19.1 Å². The number of allylic oxidation sites excluding steroid dienone is 4. The summed E-state index contributed by atoms with van der Waals surface area (Å²) in [6.07, 6.45) is 5.44. The number of carbonyl (C=O) groups excluding carboxylic acids is 2. The fraction of sp³-hybridized carbons (Fsp3) is 0.520. The van der Waals surface area contributed by atoms with Gasteiger partial charge in [0, 0.05) is 48.3 Å². The largest absolute Gasteiger partial charge is 0.490 e. The van der Waals surface area contributed by atoms with Crippen LogP contribution in [0.5, 0.6) is 11.5 Å². The second-order valence-electron chi connectivity index (χ2n) is 8.38. The monoisotopic (exact) mass is 487 g/mol. The molecule has 0 fully saturated rings. The normalized spacial score (nSPS) is 19.5. The standard InChI is InChI=1S/C25H30BrNO4/c1-4-12-31-25-16(26)13-15(14-21(25)30-5-2)22-23-17(8-6-10-19(23)28)27(3)18-9-7-11-20(29)24(18)22/h13-14,22H,4-12H2,1-3H3. The van der Waals surface area contributed by atoms with Gasteiger partial charge in [0.15, 0.2) is 23.1 Å². The Labute approximate surface area is 192 Å². The molecule has 0 bridgehead atoms. The van der Waals surface area contributed by atoms with Crippen LogP contribution >= 0.6 is 15.9 Å². The van der Waals surface area contributed by atoms with E-state index in [0.717, 1.165) is 64.7 Å². The van der Waals surface area contributed by atoms with Crippen molar-refractivity contribution in [1.82, 2.24) is 4.90 Å². The smallest absolute Gasteiger partial charge is 0.175 e. The molecule has 0 radical (unpaired) electrons. The van der Waals surface area contributed by atoms with Gasteiger partial charge in [-0.05, 0) is 72.7 Å². The van der Waals surface area contributed by atoms with Crippen LogP contribution < -0.4 is 9.47 Å². The van der Waals surface area contributed by atoms with Gasteiger partial charge < -0.3 is 14.4 Å². The van der Waals surface area contributed by atoms with Crippen LogP contribution in [0.25, 0.3) is 0 Å².